The van der Waals surface area contributed by atoms with Crippen molar-refractivity contribution in [1.29, 1.82) is 0 Å². The van der Waals surface area contributed by atoms with E-state index in [0.717, 1.165) is 43.6 Å². The highest BCUT2D eigenvalue weighted by Crippen LogP contribution is 2.33. The van der Waals surface area contributed by atoms with E-state index < -0.39 is 15.9 Å². The number of hydrogen-bond acceptors (Lipinski definition) is 4. The van der Waals surface area contributed by atoms with E-state index in [2.05, 4.69) is 29.2 Å². The van der Waals surface area contributed by atoms with Crippen LogP contribution in [0.2, 0.25) is 0 Å². The van der Waals surface area contributed by atoms with Crippen LogP contribution in [-0.2, 0) is 14.8 Å². The molecule has 3 heterocycles. The van der Waals surface area contributed by atoms with Crippen molar-refractivity contribution in [2.45, 2.75) is 49.0 Å². The van der Waals surface area contributed by atoms with Crippen LogP contribution in [0.15, 0.2) is 71.6 Å². The lowest BCUT2D eigenvalue weighted by atomic mass is 9.93. The molecular weight excluding hydrogens is 458 g/mol. The Labute approximate surface area is 209 Å². The largest absolute Gasteiger partial charge is 0.330 e. The molecule has 3 aliphatic rings. The van der Waals surface area contributed by atoms with Crippen LogP contribution in [0.4, 0.5) is 0 Å². The summed E-state index contributed by atoms with van der Waals surface area (Å²) in [4.78, 5) is 18.8. The van der Waals surface area contributed by atoms with Crippen LogP contribution in [0.3, 0.4) is 0 Å². The topological polar surface area (TPSA) is 60.9 Å². The lowest BCUT2D eigenvalue weighted by molar-refractivity contribution is -0.134. The Morgan fingerprint density at radius 1 is 0.857 bits per heavy atom. The van der Waals surface area contributed by atoms with Crippen molar-refractivity contribution in [2.24, 2.45) is 0 Å². The van der Waals surface area contributed by atoms with E-state index in [1.807, 2.05) is 29.2 Å². The Morgan fingerprint density at radius 2 is 1.57 bits per heavy atom. The van der Waals surface area contributed by atoms with E-state index in [1.54, 1.807) is 22.5 Å². The predicted octanol–water partition coefficient (Wildman–Crippen LogP) is 4.18. The first-order valence-electron chi connectivity index (χ1n) is 12.9. The van der Waals surface area contributed by atoms with Gasteiger partial charge < -0.3 is 9.80 Å². The molecule has 2 aromatic rings. The summed E-state index contributed by atoms with van der Waals surface area (Å²) in [6.45, 7) is 4.66. The smallest absolute Gasteiger partial charge is 0.243 e. The van der Waals surface area contributed by atoms with Gasteiger partial charge in [0, 0.05) is 26.2 Å². The van der Waals surface area contributed by atoms with Crippen molar-refractivity contribution in [2.75, 3.05) is 39.3 Å². The Morgan fingerprint density at radius 3 is 2.31 bits per heavy atom. The summed E-state index contributed by atoms with van der Waals surface area (Å²) < 4.78 is 27.9. The number of likely N-dealkylation sites (tertiary alicyclic amines) is 1. The minimum absolute atomic E-state index is 0.0384. The fourth-order valence-corrected chi connectivity index (χ4v) is 7.18. The molecule has 0 aromatic heterocycles. The van der Waals surface area contributed by atoms with Gasteiger partial charge in [-0.3, -0.25) is 4.79 Å². The first kappa shape index (κ1) is 24.2. The van der Waals surface area contributed by atoms with E-state index in [4.69, 9.17) is 0 Å². The first-order valence-corrected chi connectivity index (χ1v) is 14.3. The van der Waals surface area contributed by atoms with Gasteiger partial charge in [-0.05, 0) is 68.5 Å². The van der Waals surface area contributed by atoms with Gasteiger partial charge >= 0.3 is 0 Å². The summed E-state index contributed by atoms with van der Waals surface area (Å²) in [5.41, 5.74) is 1.92. The Balaban J connectivity index is 1.45. The molecule has 0 bridgehead atoms. The standard InChI is InChI=1S/C28H35N3O3S/c32-28-26(24-13-10-14-25(21-24)35(33,34)30-18-8-9-19-30)15-4-5-20-31(28)27(22-29-16-6-7-17-29)23-11-2-1-3-12-23/h1-5,10-14,21,26-27H,6-9,15-20,22H2/t26?,27-/m1/s1. The van der Waals surface area contributed by atoms with Crippen molar-refractivity contribution in [3.63, 3.8) is 0 Å². The zero-order valence-corrected chi connectivity index (χ0v) is 21.1. The monoisotopic (exact) mass is 493 g/mol. The first-order chi connectivity index (χ1) is 17.0. The number of carbonyl (C=O) groups excluding carboxylic acids is 1. The second-order valence-corrected chi connectivity index (χ2v) is 11.8. The highest BCUT2D eigenvalue weighted by molar-refractivity contribution is 7.89. The number of hydrogen-bond donors (Lipinski definition) is 0. The average Bonchev–Trinajstić information content (AvgIpc) is 3.58. The molecule has 0 saturated carbocycles. The van der Waals surface area contributed by atoms with Crippen molar-refractivity contribution >= 4 is 15.9 Å². The van der Waals surface area contributed by atoms with Crippen LogP contribution >= 0.6 is 0 Å². The Bertz CT molecular complexity index is 1150. The molecule has 1 amide bonds. The van der Waals surface area contributed by atoms with E-state index in [1.165, 1.54) is 12.8 Å². The molecule has 3 aliphatic heterocycles. The Hall–Kier alpha value is -2.48. The number of amides is 1. The maximum atomic E-state index is 14.1. The van der Waals surface area contributed by atoms with Crippen LogP contribution in [0, 0.1) is 0 Å². The molecule has 2 fully saturated rings. The van der Waals surface area contributed by atoms with Gasteiger partial charge in [-0.15, -0.1) is 0 Å². The van der Waals surface area contributed by atoms with Crippen molar-refractivity contribution in [3.05, 3.63) is 77.9 Å². The van der Waals surface area contributed by atoms with Gasteiger partial charge in [-0.1, -0.05) is 54.6 Å². The third kappa shape index (κ3) is 5.22. The predicted molar refractivity (Wildman–Crippen MR) is 138 cm³/mol. The van der Waals surface area contributed by atoms with Crippen molar-refractivity contribution in [3.8, 4) is 0 Å². The van der Waals surface area contributed by atoms with Gasteiger partial charge in [0.05, 0.1) is 16.9 Å². The molecule has 7 heteroatoms. The molecule has 0 radical (unpaired) electrons. The quantitative estimate of drug-likeness (QED) is 0.543. The summed E-state index contributed by atoms with van der Waals surface area (Å²) >= 11 is 0. The molecular formula is C28H35N3O3S. The molecule has 0 spiro atoms. The summed E-state index contributed by atoms with van der Waals surface area (Å²) in [5, 5.41) is 0. The van der Waals surface area contributed by atoms with Crippen LogP contribution in [0.5, 0.6) is 0 Å². The van der Waals surface area contributed by atoms with Crippen LogP contribution in [-0.4, -0.2) is 67.7 Å². The summed E-state index contributed by atoms with van der Waals surface area (Å²) in [6.07, 6.45) is 8.94. The van der Waals surface area contributed by atoms with Crippen LogP contribution < -0.4 is 0 Å². The van der Waals surface area contributed by atoms with E-state index in [9.17, 15) is 13.2 Å². The van der Waals surface area contributed by atoms with Crippen molar-refractivity contribution in [1.82, 2.24) is 14.1 Å². The fourth-order valence-electron chi connectivity index (χ4n) is 5.61. The highest BCUT2D eigenvalue weighted by atomic mass is 32.2. The summed E-state index contributed by atoms with van der Waals surface area (Å²) in [5.74, 6) is -0.328. The molecule has 0 aliphatic carbocycles. The fraction of sp³-hybridized carbons (Fsp3) is 0.464. The number of carbonyl (C=O) groups is 1. The van der Waals surface area contributed by atoms with E-state index >= 15 is 0 Å². The number of rotatable bonds is 7. The normalized spacial score (nSPS) is 23.0. The zero-order chi connectivity index (χ0) is 24.3. The van der Waals surface area contributed by atoms with Gasteiger partial charge in [0.1, 0.15) is 0 Å². The third-order valence-electron chi connectivity index (χ3n) is 7.58. The molecule has 6 nitrogen and oxygen atoms in total. The third-order valence-corrected chi connectivity index (χ3v) is 9.47. The summed E-state index contributed by atoms with van der Waals surface area (Å²) in [6, 6.07) is 17.3. The van der Waals surface area contributed by atoms with Crippen LogP contribution in [0.1, 0.15) is 55.2 Å². The van der Waals surface area contributed by atoms with Gasteiger partial charge in [0.2, 0.25) is 15.9 Å². The van der Waals surface area contributed by atoms with Crippen molar-refractivity contribution < 1.29 is 13.2 Å². The molecule has 0 N–H and O–H groups in total. The SMILES string of the molecule is O=C1C(c2cccc(S(=O)(=O)N3CCCC3)c2)CC=CCN1[C@H](CN1CCCC1)c1ccccc1. The number of nitrogens with zero attached hydrogens (tertiary/aromatic N) is 3. The van der Waals surface area contributed by atoms with Gasteiger partial charge in [-0.25, -0.2) is 8.42 Å². The molecule has 1 unspecified atom stereocenters. The Kier molecular flexibility index (Phi) is 7.37. The van der Waals surface area contributed by atoms with Gasteiger partial charge in [-0.2, -0.15) is 4.31 Å². The molecule has 5 rings (SSSR count). The van der Waals surface area contributed by atoms with E-state index in [0.29, 0.717) is 31.0 Å². The number of sulfonamides is 1. The molecule has 186 valence electrons. The second kappa shape index (κ2) is 10.6. The molecule has 35 heavy (non-hydrogen) atoms. The zero-order valence-electron chi connectivity index (χ0n) is 20.3. The summed E-state index contributed by atoms with van der Waals surface area (Å²) in [7, 11) is -3.53. The lowest BCUT2D eigenvalue weighted by Crippen LogP contribution is -2.42. The van der Waals surface area contributed by atoms with Gasteiger partial charge in [0.15, 0.2) is 0 Å². The highest BCUT2D eigenvalue weighted by Gasteiger charge is 2.34. The molecule has 2 saturated heterocycles. The lowest BCUT2D eigenvalue weighted by Gasteiger charge is -2.35. The van der Waals surface area contributed by atoms with Crippen LogP contribution in [0.25, 0.3) is 0 Å². The second-order valence-electron chi connectivity index (χ2n) is 9.87. The number of allylic oxidation sites excluding steroid dienone is 1. The maximum absolute atomic E-state index is 14.1. The molecule has 2 atom stereocenters. The number of benzene rings is 2. The van der Waals surface area contributed by atoms with Gasteiger partial charge in [0.25, 0.3) is 0 Å². The molecule has 2 aromatic carbocycles. The van der Waals surface area contributed by atoms with E-state index in [-0.39, 0.29) is 11.9 Å². The maximum Gasteiger partial charge on any atom is 0.243 e. The minimum atomic E-state index is -3.53. The minimum Gasteiger partial charge on any atom is -0.330 e. The average molecular weight is 494 g/mol.